The zero-order chi connectivity index (χ0) is 15.8. The maximum absolute atomic E-state index is 12.4. The maximum atomic E-state index is 12.4. The molecule has 1 heterocycles. The summed E-state index contributed by atoms with van der Waals surface area (Å²) in [5.41, 5.74) is -0.00252. The summed E-state index contributed by atoms with van der Waals surface area (Å²) in [4.78, 5) is 11.1. The van der Waals surface area contributed by atoms with Crippen LogP contribution in [0.2, 0.25) is 0 Å². The van der Waals surface area contributed by atoms with Crippen LogP contribution in [0.5, 0.6) is 0 Å². The number of aromatic nitrogens is 1. The Morgan fingerprint density at radius 3 is 2.57 bits per heavy atom. The van der Waals surface area contributed by atoms with Crippen molar-refractivity contribution in [1.82, 2.24) is 5.16 Å². The lowest BCUT2D eigenvalue weighted by Gasteiger charge is -2.10. The van der Waals surface area contributed by atoms with Gasteiger partial charge in [-0.3, -0.25) is 4.72 Å². The van der Waals surface area contributed by atoms with Crippen LogP contribution in [-0.2, 0) is 10.0 Å². The van der Waals surface area contributed by atoms with E-state index in [0.29, 0.717) is 4.47 Å². The monoisotopic (exact) mass is 374 g/mol. The smallest absolute Gasteiger partial charge is 0.337 e. The number of carboxylic acid groups (broad SMARTS) is 1. The van der Waals surface area contributed by atoms with Gasteiger partial charge in [0, 0.05) is 4.47 Å². The van der Waals surface area contributed by atoms with Crippen molar-refractivity contribution in [2.75, 3.05) is 4.72 Å². The molecule has 0 aliphatic heterocycles. The Bertz CT molecular complexity index is 794. The van der Waals surface area contributed by atoms with E-state index in [1.165, 1.54) is 32.0 Å². The normalized spacial score (nSPS) is 11.4. The summed E-state index contributed by atoms with van der Waals surface area (Å²) in [5, 5.41) is 12.7. The first-order chi connectivity index (χ1) is 9.72. The van der Waals surface area contributed by atoms with Crippen molar-refractivity contribution in [3.8, 4) is 0 Å². The van der Waals surface area contributed by atoms with Crippen molar-refractivity contribution in [2.45, 2.75) is 18.7 Å². The third-order valence-electron chi connectivity index (χ3n) is 2.69. The van der Waals surface area contributed by atoms with Gasteiger partial charge in [-0.25, -0.2) is 13.2 Å². The summed E-state index contributed by atoms with van der Waals surface area (Å²) >= 11 is 3.17. The fourth-order valence-corrected chi connectivity index (χ4v) is 3.60. The number of hydrogen-bond donors (Lipinski definition) is 2. The molecule has 0 atom stereocenters. The number of rotatable bonds is 4. The van der Waals surface area contributed by atoms with Crippen LogP contribution in [-0.4, -0.2) is 24.7 Å². The standard InChI is InChI=1S/C12H11BrN2O5S/c1-6-11(7(2)20-14-6)21(18,19)15-10-5-8(13)3-4-9(10)12(16)17/h3-5,15H,1-2H3,(H,16,17). The summed E-state index contributed by atoms with van der Waals surface area (Å²) in [6, 6.07) is 4.19. The van der Waals surface area contributed by atoms with Gasteiger partial charge in [-0.15, -0.1) is 0 Å². The average Bonchev–Trinajstić information content (AvgIpc) is 2.68. The van der Waals surface area contributed by atoms with Gasteiger partial charge in [0.1, 0.15) is 5.69 Å². The van der Waals surface area contributed by atoms with Crippen molar-refractivity contribution in [1.29, 1.82) is 0 Å². The minimum absolute atomic E-state index is 0.0446. The molecule has 1 aromatic carbocycles. The highest BCUT2D eigenvalue weighted by molar-refractivity contribution is 9.10. The van der Waals surface area contributed by atoms with Gasteiger partial charge in [0.15, 0.2) is 10.7 Å². The molecule has 0 unspecified atom stereocenters. The Morgan fingerprint density at radius 1 is 1.38 bits per heavy atom. The largest absolute Gasteiger partial charge is 0.478 e. The highest BCUT2D eigenvalue weighted by Crippen LogP contribution is 2.26. The van der Waals surface area contributed by atoms with Crippen LogP contribution in [0.15, 0.2) is 32.1 Å². The number of carbonyl (C=O) groups is 1. The molecule has 2 N–H and O–H groups in total. The first kappa shape index (κ1) is 15.5. The molecule has 0 fully saturated rings. The summed E-state index contributed by atoms with van der Waals surface area (Å²) in [5.74, 6) is -1.11. The number of aryl methyl sites for hydroxylation is 2. The van der Waals surface area contributed by atoms with Crippen molar-refractivity contribution < 1.29 is 22.8 Å². The molecule has 2 aromatic rings. The van der Waals surface area contributed by atoms with Crippen LogP contribution in [0.25, 0.3) is 0 Å². The van der Waals surface area contributed by atoms with Crippen molar-refractivity contribution in [3.63, 3.8) is 0 Å². The van der Waals surface area contributed by atoms with Crippen LogP contribution in [0.4, 0.5) is 5.69 Å². The van der Waals surface area contributed by atoms with E-state index in [0.717, 1.165) is 0 Å². The van der Waals surface area contributed by atoms with Gasteiger partial charge in [-0.05, 0) is 32.0 Å². The molecule has 0 bridgehead atoms. The van der Waals surface area contributed by atoms with E-state index >= 15 is 0 Å². The van der Waals surface area contributed by atoms with Crippen molar-refractivity contribution in [2.24, 2.45) is 0 Å². The number of aromatic carboxylic acids is 1. The molecule has 0 saturated carbocycles. The molecule has 0 spiro atoms. The van der Waals surface area contributed by atoms with Crippen LogP contribution in [0.3, 0.4) is 0 Å². The van der Waals surface area contributed by atoms with E-state index in [-0.39, 0.29) is 27.6 Å². The number of anilines is 1. The quantitative estimate of drug-likeness (QED) is 0.850. The first-order valence-electron chi connectivity index (χ1n) is 5.71. The predicted molar refractivity (Wildman–Crippen MR) is 77.9 cm³/mol. The third kappa shape index (κ3) is 3.08. The van der Waals surface area contributed by atoms with Gasteiger partial charge in [-0.2, -0.15) is 0 Å². The van der Waals surface area contributed by atoms with E-state index in [1.54, 1.807) is 0 Å². The molecular formula is C12H11BrN2O5S. The molecule has 0 aliphatic rings. The molecule has 1 aromatic heterocycles. The lowest BCUT2D eigenvalue weighted by Crippen LogP contribution is -2.16. The van der Waals surface area contributed by atoms with Gasteiger partial charge in [0.25, 0.3) is 10.0 Å². The second kappa shape index (κ2) is 5.49. The van der Waals surface area contributed by atoms with Crippen LogP contribution in [0.1, 0.15) is 21.8 Å². The summed E-state index contributed by atoms with van der Waals surface area (Å²) < 4.78 is 32.4. The highest BCUT2D eigenvalue weighted by Gasteiger charge is 2.26. The molecule has 0 radical (unpaired) electrons. The zero-order valence-corrected chi connectivity index (χ0v) is 13.4. The minimum atomic E-state index is -3.99. The van der Waals surface area contributed by atoms with E-state index in [9.17, 15) is 13.2 Å². The molecule has 0 saturated heterocycles. The minimum Gasteiger partial charge on any atom is -0.478 e. The molecular weight excluding hydrogens is 364 g/mol. The number of carboxylic acids is 1. The Labute approximate surface area is 129 Å². The fraction of sp³-hybridized carbons (Fsp3) is 0.167. The number of nitrogens with one attached hydrogen (secondary N) is 1. The van der Waals surface area contributed by atoms with Crippen molar-refractivity contribution in [3.05, 3.63) is 39.7 Å². The third-order valence-corrected chi connectivity index (χ3v) is 4.80. The summed E-state index contributed by atoms with van der Waals surface area (Å²) in [6.45, 7) is 2.96. The number of nitrogens with zero attached hydrogens (tertiary/aromatic N) is 1. The SMILES string of the molecule is Cc1noc(C)c1S(=O)(=O)Nc1cc(Br)ccc1C(=O)O. The van der Waals surface area contributed by atoms with E-state index in [4.69, 9.17) is 9.63 Å². The Kier molecular flexibility index (Phi) is 4.06. The Balaban J connectivity index is 2.51. The number of benzene rings is 1. The van der Waals surface area contributed by atoms with Gasteiger partial charge in [0.2, 0.25) is 0 Å². The van der Waals surface area contributed by atoms with Gasteiger partial charge < -0.3 is 9.63 Å². The zero-order valence-electron chi connectivity index (χ0n) is 11.0. The predicted octanol–water partition coefficient (Wildman–Crippen LogP) is 2.55. The summed E-state index contributed by atoms with van der Waals surface area (Å²) in [6.07, 6.45) is 0. The second-order valence-electron chi connectivity index (χ2n) is 4.25. The van der Waals surface area contributed by atoms with Crippen LogP contribution in [0, 0.1) is 13.8 Å². The van der Waals surface area contributed by atoms with E-state index in [2.05, 4.69) is 25.8 Å². The van der Waals surface area contributed by atoms with E-state index in [1.807, 2.05) is 0 Å². The average molecular weight is 375 g/mol. The molecule has 21 heavy (non-hydrogen) atoms. The highest BCUT2D eigenvalue weighted by atomic mass is 79.9. The molecule has 9 heteroatoms. The van der Waals surface area contributed by atoms with Crippen LogP contribution >= 0.6 is 15.9 Å². The van der Waals surface area contributed by atoms with Crippen molar-refractivity contribution >= 4 is 37.6 Å². The number of halogens is 1. The molecule has 2 rings (SSSR count). The molecule has 0 aliphatic carbocycles. The number of sulfonamides is 1. The molecule has 0 amide bonds. The number of hydrogen-bond acceptors (Lipinski definition) is 5. The topological polar surface area (TPSA) is 110 Å². The molecule has 112 valence electrons. The Morgan fingerprint density at radius 2 is 2.05 bits per heavy atom. The first-order valence-corrected chi connectivity index (χ1v) is 7.98. The lowest BCUT2D eigenvalue weighted by molar-refractivity contribution is 0.0698. The Hall–Kier alpha value is -1.87. The van der Waals surface area contributed by atoms with Gasteiger partial charge in [-0.1, -0.05) is 21.1 Å². The fourth-order valence-electron chi connectivity index (χ4n) is 1.84. The lowest BCUT2D eigenvalue weighted by atomic mass is 10.2. The maximum Gasteiger partial charge on any atom is 0.337 e. The second-order valence-corrected chi connectivity index (χ2v) is 6.79. The molecule has 7 nitrogen and oxygen atoms in total. The van der Waals surface area contributed by atoms with Gasteiger partial charge >= 0.3 is 5.97 Å². The van der Waals surface area contributed by atoms with E-state index < -0.39 is 16.0 Å². The van der Waals surface area contributed by atoms with Crippen LogP contribution < -0.4 is 4.72 Å². The van der Waals surface area contributed by atoms with Gasteiger partial charge in [0.05, 0.1) is 11.3 Å². The summed E-state index contributed by atoms with van der Waals surface area (Å²) in [7, 11) is -3.99.